The summed E-state index contributed by atoms with van der Waals surface area (Å²) in [6, 6.07) is 10.9. The molecule has 1 heterocycles. The van der Waals surface area contributed by atoms with Gasteiger partial charge in [0.05, 0.1) is 5.39 Å². The van der Waals surface area contributed by atoms with Crippen LogP contribution in [0.2, 0.25) is 5.02 Å². The Morgan fingerprint density at radius 1 is 1.30 bits per heavy atom. The molecule has 0 aliphatic carbocycles. The van der Waals surface area contributed by atoms with Gasteiger partial charge in [-0.3, -0.25) is 4.79 Å². The summed E-state index contributed by atoms with van der Waals surface area (Å²) in [4.78, 5) is 11.2. The van der Waals surface area contributed by atoms with Gasteiger partial charge >= 0.3 is 0 Å². The molecule has 1 atom stereocenters. The van der Waals surface area contributed by atoms with E-state index in [1.165, 1.54) is 0 Å². The smallest absolute Gasteiger partial charge is 0.226 e. The van der Waals surface area contributed by atoms with Crippen molar-refractivity contribution in [2.75, 3.05) is 0 Å². The average Bonchev–Trinajstić information content (AvgIpc) is 2.77. The molecule has 0 aliphatic heterocycles. The van der Waals surface area contributed by atoms with E-state index in [-0.39, 0.29) is 5.12 Å². The van der Waals surface area contributed by atoms with Crippen LogP contribution in [-0.2, 0) is 4.79 Å². The van der Waals surface area contributed by atoms with Crippen LogP contribution in [0.4, 0.5) is 0 Å². The molecule has 1 aromatic heterocycles. The lowest BCUT2D eigenvalue weighted by atomic mass is 10.1. The van der Waals surface area contributed by atoms with Gasteiger partial charge in [-0.2, -0.15) is 0 Å². The molecule has 2 aromatic carbocycles. The Balaban J connectivity index is 2.24. The first-order valence-corrected chi connectivity index (χ1v) is 6.89. The lowest BCUT2D eigenvalue weighted by molar-refractivity contribution is -0.116. The molecule has 3 rings (SSSR count). The lowest BCUT2D eigenvalue weighted by Crippen LogP contribution is -2.19. The van der Waals surface area contributed by atoms with E-state index in [9.17, 15) is 4.79 Å². The number of thiol groups is 1. The van der Waals surface area contributed by atoms with Crippen LogP contribution < -0.4 is 4.74 Å². The topological polar surface area (TPSA) is 39.4 Å². The minimum absolute atomic E-state index is 0.326. The van der Waals surface area contributed by atoms with E-state index >= 15 is 0 Å². The molecule has 0 bridgehead atoms. The van der Waals surface area contributed by atoms with Crippen LogP contribution in [0.3, 0.4) is 0 Å². The van der Waals surface area contributed by atoms with Gasteiger partial charge < -0.3 is 9.15 Å². The fourth-order valence-corrected chi connectivity index (χ4v) is 2.33. The van der Waals surface area contributed by atoms with Crippen LogP contribution >= 0.6 is 24.2 Å². The van der Waals surface area contributed by atoms with Crippen LogP contribution in [0.25, 0.3) is 21.9 Å². The van der Waals surface area contributed by atoms with E-state index in [1.807, 2.05) is 24.3 Å². The molecule has 0 aliphatic rings. The number of carbonyl (C=O) groups excluding carboxylic acids is 1. The van der Waals surface area contributed by atoms with Crippen molar-refractivity contribution >= 4 is 51.3 Å². The van der Waals surface area contributed by atoms with Gasteiger partial charge in [0.1, 0.15) is 16.9 Å². The normalized spacial score (nSPS) is 12.8. The molecule has 5 heteroatoms. The maximum absolute atomic E-state index is 11.2. The first-order valence-electron chi connectivity index (χ1n) is 6.06. The molecule has 0 fully saturated rings. The fourth-order valence-electron chi connectivity index (χ4n) is 2.11. The van der Waals surface area contributed by atoms with Crippen molar-refractivity contribution in [2.45, 2.75) is 13.0 Å². The average molecular weight is 307 g/mol. The van der Waals surface area contributed by atoms with Gasteiger partial charge in [-0.1, -0.05) is 17.7 Å². The van der Waals surface area contributed by atoms with Crippen molar-refractivity contribution in [3.63, 3.8) is 0 Å². The van der Waals surface area contributed by atoms with E-state index < -0.39 is 6.10 Å². The predicted molar refractivity (Wildman–Crippen MR) is 82.8 cm³/mol. The Morgan fingerprint density at radius 3 is 2.85 bits per heavy atom. The largest absolute Gasteiger partial charge is 0.481 e. The molecule has 0 saturated carbocycles. The number of hydrogen-bond donors (Lipinski definition) is 1. The quantitative estimate of drug-likeness (QED) is 0.726. The first-order chi connectivity index (χ1) is 9.56. The number of ether oxygens (including phenoxy) is 1. The van der Waals surface area contributed by atoms with Gasteiger partial charge in [0, 0.05) is 10.4 Å². The third-order valence-electron chi connectivity index (χ3n) is 3.07. The van der Waals surface area contributed by atoms with E-state index in [2.05, 4.69) is 12.6 Å². The predicted octanol–water partition coefficient (Wildman–Crippen LogP) is 4.46. The third kappa shape index (κ3) is 2.25. The number of benzene rings is 2. The number of fused-ring (bicyclic) bond motifs is 3. The van der Waals surface area contributed by atoms with Crippen LogP contribution in [0.1, 0.15) is 6.92 Å². The minimum Gasteiger partial charge on any atom is -0.481 e. The summed E-state index contributed by atoms with van der Waals surface area (Å²) in [5, 5.41) is 1.97. The van der Waals surface area contributed by atoms with Crippen LogP contribution in [0.5, 0.6) is 5.75 Å². The molecule has 1 unspecified atom stereocenters. The molecule has 3 nitrogen and oxygen atoms in total. The summed E-state index contributed by atoms with van der Waals surface area (Å²) >= 11 is 9.82. The lowest BCUT2D eigenvalue weighted by Gasteiger charge is -2.11. The molecule has 3 aromatic rings. The molecule has 0 radical (unpaired) electrons. The maximum atomic E-state index is 11.2. The summed E-state index contributed by atoms with van der Waals surface area (Å²) in [7, 11) is 0. The second-order valence-electron chi connectivity index (χ2n) is 4.47. The molecule has 0 amide bonds. The van der Waals surface area contributed by atoms with Gasteiger partial charge in [-0.25, -0.2) is 0 Å². The molecule has 0 spiro atoms. The van der Waals surface area contributed by atoms with E-state index in [0.29, 0.717) is 16.4 Å². The summed E-state index contributed by atoms with van der Waals surface area (Å²) in [6.07, 6.45) is -0.631. The summed E-state index contributed by atoms with van der Waals surface area (Å²) in [6.45, 7) is 1.66. The number of furan rings is 1. The standard InChI is InChI=1S/C15H11ClO3S/c1-8(15(17)20)18-12-3-2-4-13-14(12)10-7-9(16)5-6-11(10)19-13/h2-8H,1H3,(H,17,20). The summed E-state index contributed by atoms with van der Waals surface area (Å²) in [5.41, 5.74) is 1.42. The Labute approximate surface area is 125 Å². The zero-order chi connectivity index (χ0) is 14.3. The highest BCUT2D eigenvalue weighted by molar-refractivity contribution is 7.96. The minimum atomic E-state index is -0.631. The van der Waals surface area contributed by atoms with Crippen molar-refractivity contribution in [3.05, 3.63) is 41.4 Å². The molecular weight excluding hydrogens is 296 g/mol. The Morgan fingerprint density at radius 2 is 2.10 bits per heavy atom. The number of hydrogen-bond acceptors (Lipinski definition) is 3. The fraction of sp³-hybridized carbons (Fsp3) is 0.133. The first kappa shape index (κ1) is 13.3. The Bertz CT molecular complexity index is 809. The zero-order valence-corrected chi connectivity index (χ0v) is 12.2. The SMILES string of the molecule is CC(Oc1cccc2oc3ccc(Cl)cc3c12)C(=O)S. The Hall–Kier alpha value is -1.65. The van der Waals surface area contributed by atoms with Crippen LogP contribution in [0.15, 0.2) is 40.8 Å². The molecule has 102 valence electrons. The molecular formula is C15H11ClO3S. The summed E-state index contributed by atoms with van der Waals surface area (Å²) < 4.78 is 11.4. The van der Waals surface area contributed by atoms with Crippen LogP contribution in [0, 0.1) is 0 Å². The number of halogens is 1. The van der Waals surface area contributed by atoms with Gasteiger partial charge in [-0.15, -0.1) is 12.6 Å². The number of carbonyl (C=O) groups is 1. The van der Waals surface area contributed by atoms with Gasteiger partial charge in [0.25, 0.3) is 0 Å². The van der Waals surface area contributed by atoms with E-state index in [0.717, 1.165) is 16.4 Å². The Kier molecular flexibility index (Phi) is 3.36. The summed E-state index contributed by atoms with van der Waals surface area (Å²) in [5.74, 6) is 0.582. The van der Waals surface area contributed by atoms with Gasteiger partial charge in [0.2, 0.25) is 5.12 Å². The van der Waals surface area contributed by atoms with Gasteiger partial charge in [0.15, 0.2) is 6.10 Å². The highest BCUT2D eigenvalue weighted by Crippen LogP contribution is 2.37. The zero-order valence-electron chi connectivity index (χ0n) is 10.6. The van der Waals surface area contributed by atoms with Crippen molar-refractivity contribution in [3.8, 4) is 5.75 Å². The monoisotopic (exact) mass is 306 g/mol. The van der Waals surface area contributed by atoms with E-state index in [4.69, 9.17) is 20.8 Å². The maximum Gasteiger partial charge on any atom is 0.226 e. The molecule has 0 N–H and O–H groups in total. The van der Waals surface area contributed by atoms with Crippen molar-refractivity contribution in [2.24, 2.45) is 0 Å². The third-order valence-corrected chi connectivity index (χ3v) is 3.67. The second kappa shape index (κ2) is 5.04. The number of rotatable bonds is 3. The highest BCUT2D eigenvalue weighted by atomic mass is 35.5. The van der Waals surface area contributed by atoms with Crippen LogP contribution in [-0.4, -0.2) is 11.2 Å². The molecule has 20 heavy (non-hydrogen) atoms. The van der Waals surface area contributed by atoms with Crippen molar-refractivity contribution < 1.29 is 13.9 Å². The van der Waals surface area contributed by atoms with E-state index in [1.54, 1.807) is 19.1 Å². The van der Waals surface area contributed by atoms with Crippen molar-refractivity contribution in [1.82, 2.24) is 0 Å². The van der Waals surface area contributed by atoms with Gasteiger partial charge in [-0.05, 0) is 37.3 Å². The van der Waals surface area contributed by atoms with Crippen molar-refractivity contribution in [1.29, 1.82) is 0 Å². The molecule has 0 saturated heterocycles. The second-order valence-corrected chi connectivity index (χ2v) is 5.35. The highest BCUT2D eigenvalue weighted by Gasteiger charge is 2.16.